The van der Waals surface area contributed by atoms with E-state index in [4.69, 9.17) is 4.42 Å². The third kappa shape index (κ3) is 5.24. The zero-order chi connectivity index (χ0) is 15.6. The van der Waals surface area contributed by atoms with Gasteiger partial charge in [-0.05, 0) is 24.8 Å². The van der Waals surface area contributed by atoms with Gasteiger partial charge in [0.15, 0.2) is 0 Å². The number of hydrogen-bond donors (Lipinski definition) is 0. The number of carbonyl (C=O) groups is 1. The second-order valence-corrected chi connectivity index (χ2v) is 5.24. The van der Waals surface area contributed by atoms with E-state index in [1.165, 1.54) is 11.8 Å². The topological polar surface area (TPSA) is 72.5 Å². The molecule has 0 saturated heterocycles. The quantitative estimate of drug-likeness (QED) is 0.372. The van der Waals surface area contributed by atoms with E-state index >= 15 is 0 Å². The maximum Gasteiger partial charge on any atom is 0.263 e. The SMILES string of the molecule is O=NCc1cnc(C(=O)CCCCCCc2ccccc2)o1. The monoisotopic (exact) mass is 300 g/mol. The Morgan fingerprint density at radius 1 is 1.09 bits per heavy atom. The highest BCUT2D eigenvalue weighted by Gasteiger charge is 2.12. The summed E-state index contributed by atoms with van der Waals surface area (Å²) >= 11 is 0. The smallest absolute Gasteiger partial charge is 0.263 e. The summed E-state index contributed by atoms with van der Waals surface area (Å²) in [5.41, 5.74) is 1.36. The van der Waals surface area contributed by atoms with Crippen molar-refractivity contribution >= 4 is 5.78 Å². The lowest BCUT2D eigenvalue weighted by Gasteiger charge is -2.01. The molecule has 0 radical (unpaired) electrons. The minimum Gasteiger partial charge on any atom is -0.437 e. The molecule has 2 rings (SSSR count). The van der Waals surface area contributed by atoms with Crippen molar-refractivity contribution in [1.82, 2.24) is 4.98 Å². The molecule has 1 heterocycles. The normalized spacial score (nSPS) is 10.5. The summed E-state index contributed by atoms with van der Waals surface area (Å²) in [5.74, 6) is 0.310. The number of nitroso groups, excluding NO2 is 1. The van der Waals surface area contributed by atoms with Crippen LogP contribution in [0.1, 0.15) is 54.1 Å². The molecule has 1 aromatic heterocycles. The Bertz CT molecular complexity index is 593. The summed E-state index contributed by atoms with van der Waals surface area (Å²) in [6.45, 7) is -0.0836. The van der Waals surface area contributed by atoms with Gasteiger partial charge in [-0.3, -0.25) is 4.79 Å². The fraction of sp³-hybridized carbons (Fsp3) is 0.412. The molecule has 0 atom stereocenters. The molecule has 0 unspecified atom stereocenters. The molecule has 0 bridgehead atoms. The average molecular weight is 300 g/mol. The van der Waals surface area contributed by atoms with Crippen molar-refractivity contribution in [2.45, 2.75) is 45.1 Å². The Balaban J connectivity index is 1.59. The summed E-state index contributed by atoms with van der Waals surface area (Å²) in [6.07, 6.45) is 6.98. The number of carbonyl (C=O) groups excluding carboxylic acids is 1. The maximum absolute atomic E-state index is 11.9. The van der Waals surface area contributed by atoms with Crippen LogP contribution < -0.4 is 0 Å². The van der Waals surface area contributed by atoms with Gasteiger partial charge < -0.3 is 4.42 Å². The molecule has 0 fully saturated rings. The van der Waals surface area contributed by atoms with Crippen LogP contribution in [0.5, 0.6) is 0 Å². The number of rotatable bonds is 10. The van der Waals surface area contributed by atoms with Crippen LogP contribution in [0.25, 0.3) is 0 Å². The fourth-order valence-electron chi connectivity index (χ4n) is 2.29. The Hall–Kier alpha value is -2.30. The van der Waals surface area contributed by atoms with Crippen LogP contribution in [0, 0.1) is 4.91 Å². The standard InChI is InChI=1S/C17H20N2O3/c20-16(17-18-12-15(22-17)13-19-21)11-7-2-1-4-8-14-9-5-3-6-10-14/h3,5-6,9-10,12H,1-2,4,7-8,11,13H2. The van der Waals surface area contributed by atoms with Gasteiger partial charge in [0, 0.05) is 6.42 Å². The van der Waals surface area contributed by atoms with Crippen molar-refractivity contribution in [3.63, 3.8) is 0 Å². The zero-order valence-electron chi connectivity index (χ0n) is 12.5. The van der Waals surface area contributed by atoms with Gasteiger partial charge >= 0.3 is 0 Å². The summed E-state index contributed by atoms with van der Waals surface area (Å²) < 4.78 is 5.17. The van der Waals surface area contributed by atoms with Crippen molar-refractivity contribution in [3.05, 3.63) is 58.7 Å². The first-order valence-corrected chi connectivity index (χ1v) is 7.60. The molecule has 5 heteroatoms. The number of nitrogens with zero attached hydrogens (tertiary/aromatic N) is 2. The van der Waals surface area contributed by atoms with Gasteiger partial charge in [0.25, 0.3) is 5.89 Å². The highest BCUT2D eigenvalue weighted by molar-refractivity contribution is 5.91. The number of aromatic nitrogens is 1. The molecule has 0 aliphatic carbocycles. The second-order valence-electron chi connectivity index (χ2n) is 5.24. The molecular weight excluding hydrogens is 280 g/mol. The van der Waals surface area contributed by atoms with Gasteiger partial charge in [-0.2, -0.15) is 4.91 Å². The molecular formula is C17H20N2O3. The molecule has 1 aromatic carbocycles. The minimum absolute atomic E-state index is 0.0836. The van der Waals surface area contributed by atoms with Gasteiger partial charge in [0.05, 0.1) is 6.20 Å². The Kier molecular flexibility index (Phi) is 6.48. The van der Waals surface area contributed by atoms with E-state index in [1.807, 2.05) is 6.07 Å². The first-order chi connectivity index (χ1) is 10.8. The Morgan fingerprint density at radius 3 is 2.64 bits per heavy atom. The molecule has 0 N–H and O–H groups in total. The number of aryl methyl sites for hydroxylation is 1. The molecule has 22 heavy (non-hydrogen) atoms. The summed E-state index contributed by atoms with van der Waals surface area (Å²) in [6, 6.07) is 10.4. The molecule has 0 saturated carbocycles. The average Bonchev–Trinajstić information content (AvgIpc) is 3.01. The number of unbranched alkanes of at least 4 members (excludes halogenated alkanes) is 3. The van der Waals surface area contributed by atoms with Gasteiger partial charge in [-0.25, -0.2) is 4.98 Å². The zero-order valence-corrected chi connectivity index (χ0v) is 12.5. The Morgan fingerprint density at radius 2 is 1.86 bits per heavy atom. The van der Waals surface area contributed by atoms with Crippen molar-refractivity contribution in [1.29, 1.82) is 0 Å². The largest absolute Gasteiger partial charge is 0.437 e. The van der Waals surface area contributed by atoms with Crippen molar-refractivity contribution in [2.24, 2.45) is 5.18 Å². The molecule has 116 valence electrons. The van der Waals surface area contributed by atoms with Crippen molar-refractivity contribution in [2.75, 3.05) is 0 Å². The molecule has 2 aromatic rings. The van der Waals surface area contributed by atoms with Crippen LogP contribution in [0.4, 0.5) is 0 Å². The molecule has 5 nitrogen and oxygen atoms in total. The number of ketones is 1. The first kappa shape index (κ1) is 16.1. The highest BCUT2D eigenvalue weighted by Crippen LogP contribution is 2.12. The van der Waals surface area contributed by atoms with E-state index in [9.17, 15) is 9.70 Å². The van der Waals surface area contributed by atoms with E-state index in [0.717, 1.165) is 32.1 Å². The van der Waals surface area contributed by atoms with Crippen LogP contribution >= 0.6 is 0 Å². The lowest BCUT2D eigenvalue weighted by atomic mass is 10.0. The van der Waals surface area contributed by atoms with Crippen LogP contribution in [-0.4, -0.2) is 10.8 Å². The molecule has 0 aliphatic heterocycles. The van der Waals surface area contributed by atoms with Gasteiger partial charge in [-0.15, -0.1) is 0 Å². The predicted molar refractivity (Wildman–Crippen MR) is 83.6 cm³/mol. The van der Waals surface area contributed by atoms with Crippen molar-refractivity contribution in [3.8, 4) is 0 Å². The van der Waals surface area contributed by atoms with Crippen LogP contribution in [0.2, 0.25) is 0 Å². The van der Waals surface area contributed by atoms with Crippen LogP contribution in [-0.2, 0) is 13.0 Å². The van der Waals surface area contributed by atoms with Gasteiger partial charge in [0.2, 0.25) is 5.78 Å². The van der Waals surface area contributed by atoms with E-state index < -0.39 is 0 Å². The van der Waals surface area contributed by atoms with Crippen molar-refractivity contribution < 1.29 is 9.21 Å². The van der Waals surface area contributed by atoms with Gasteiger partial charge in [0.1, 0.15) is 12.3 Å². The summed E-state index contributed by atoms with van der Waals surface area (Å²) in [5, 5.41) is 2.70. The maximum atomic E-state index is 11.9. The fourth-order valence-corrected chi connectivity index (χ4v) is 2.29. The number of Topliss-reactive ketones (excluding diaryl/α,β-unsaturated/α-hetero) is 1. The third-order valence-electron chi connectivity index (χ3n) is 3.47. The van der Waals surface area contributed by atoms with E-state index in [1.54, 1.807) is 0 Å². The molecule has 0 amide bonds. The lowest BCUT2D eigenvalue weighted by Crippen LogP contribution is -1.99. The van der Waals surface area contributed by atoms with Crippen LogP contribution in [0.3, 0.4) is 0 Å². The van der Waals surface area contributed by atoms with E-state index in [-0.39, 0.29) is 18.2 Å². The lowest BCUT2D eigenvalue weighted by molar-refractivity contribution is 0.0943. The number of oxazole rings is 1. The first-order valence-electron chi connectivity index (χ1n) is 7.60. The van der Waals surface area contributed by atoms with E-state index in [2.05, 4.69) is 34.4 Å². The predicted octanol–water partition coefficient (Wildman–Crippen LogP) is 4.32. The van der Waals surface area contributed by atoms with Crippen LogP contribution in [0.15, 0.2) is 46.1 Å². The number of hydrogen-bond acceptors (Lipinski definition) is 5. The highest BCUT2D eigenvalue weighted by atomic mass is 16.4. The minimum atomic E-state index is -0.111. The Labute approximate surface area is 129 Å². The van der Waals surface area contributed by atoms with Gasteiger partial charge in [-0.1, -0.05) is 48.4 Å². The number of benzene rings is 1. The third-order valence-corrected chi connectivity index (χ3v) is 3.47. The second kappa shape index (κ2) is 8.87. The molecule has 0 aliphatic rings. The molecule has 0 spiro atoms. The summed E-state index contributed by atoms with van der Waals surface area (Å²) in [4.78, 5) is 25.8. The summed E-state index contributed by atoms with van der Waals surface area (Å²) in [7, 11) is 0. The van der Waals surface area contributed by atoms with E-state index in [0.29, 0.717) is 12.2 Å².